The molecule has 2 saturated carbocycles. The molecular weight excluding hydrogens is 281 g/mol. The van der Waals surface area contributed by atoms with Gasteiger partial charge in [0.05, 0.1) is 24.7 Å². The van der Waals surface area contributed by atoms with Crippen molar-refractivity contribution in [2.24, 2.45) is 17.3 Å². The summed E-state index contributed by atoms with van der Waals surface area (Å²) in [5.41, 5.74) is -1.35. The largest absolute Gasteiger partial charge is 0.394 e. The van der Waals surface area contributed by atoms with Gasteiger partial charge >= 0.3 is 6.18 Å². The molecule has 0 spiro atoms. The molecule has 2 rings (SSSR count). The third-order valence-electron chi connectivity index (χ3n) is 5.07. The van der Waals surface area contributed by atoms with E-state index < -0.39 is 11.6 Å². The van der Waals surface area contributed by atoms with Gasteiger partial charge in [0.15, 0.2) is 0 Å². The van der Waals surface area contributed by atoms with E-state index in [-0.39, 0.29) is 5.92 Å². The summed E-state index contributed by atoms with van der Waals surface area (Å²) in [6.07, 6.45) is 0.477. The fraction of sp³-hybridized carbons (Fsp3) is 1.00. The van der Waals surface area contributed by atoms with Crippen molar-refractivity contribution in [3.8, 4) is 0 Å². The summed E-state index contributed by atoms with van der Waals surface area (Å²) in [5.74, 6) is 0.282. The maximum atomic E-state index is 12.6. The van der Waals surface area contributed by atoms with Crippen molar-refractivity contribution in [3.63, 3.8) is 0 Å². The Bertz CT molecular complexity index is 306. The van der Waals surface area contributed by atoms with Crippen molar-refractivity contribution in [2.75, 3.05) is 20.3 Å². The zero-order valence-corrected chi connectivity index (χ0v) is 13.6. The molecule has 0 radical (unpaired) electrons. The number of hydrogen-bond acceptors (Lipinski definition) is 2. The van der Waals surface area contributed by atoms with E-state index in [0.717, 1.165) is 25.7 Å². The topological polar surface area (TPSA) is 18.5 Å². The minimum Gasteiger partial charge on any atom is -0.382 e. The Morgan fingerprint density at radius 3 is 2.24 bits per heavy atom. The Hall–Kier alpha value is -0.290. The average molecular weight is 310 g/mol. The van der Waals surface area contributed by atoms with Gasteiger partial charge in [-0.05, 0) is 44.4 Å². The van der Waals surface area contributed by atoms with Crippen molar-refractivity contribution in [1.82, 2.24) is 0 Å². The summed E-state index contributed by atoms with van der Waals surface area (Å²) >= 11 is 0. The van der Waals surface area contributed by atoms with Gasteiger partial charge in [0.25, 0.3) is 0 Å². The normalized spacial score (nSPS) is 32.7. The Labute approximate surface area is 126 Å². The standard InChI is InChI=1S/C9H13F3.C7H16O2/c1-8(9(10,11)12)5-6-2-3-7(8)4-6;1-4-7(2)9-6-5-8-3/h6-7H,2-5H2,1H3;7H,4-6H2,1-3H3. The molecule has 4 atom stereocenters. The second-order valence-corrected chi connectivity index (χ2v) is 6.58. The highest BCUT2D eigenvalue weighted by atomic mass is 19.4. The van der Waals surface area contributed by atoms with Gasteiger partial charge < -0.3 is 9.47 Å². The lowest BCUT2D eigenvalue weighted by Crippen LogP contribution is -2.39. The Morgan fingerprint density at radius 1 is 1.24 bits per heavy atom. The lowest BCUT2D eigenvalue weighted by molar-refractivity contribution is -0.234. The second kappa shape index (κ2) is 7.82. The second-order valence-electron chi connectivity index (χ2n) is 6.58. The molecule has 126 valence electrons. The molecule has 2 aliphatic rings. The molecule has 0 aromatic carbocycles. The highest BCUT2D eigenvalue weighted by molar-refractivity contribution is 5.01. The van der Waals surface area contributed by atoms with E-state index in [4.69, 9.17) is 9.47 Å². The molecule has 0 amide bonds. The third kappa shape index (κ3) is 4.85. The number of alkyl halides is 3. The van der Waals surface area contributed by atoms with Gasteiger partial charge in [0.1, 0.15) is 0 Å². The molecule has 0 aromatic heterocycles. The van der Waals surface area contributed by atoms with E-state index >= 15 is 0 Å². The summed E-state index contributed by atoms with van der Waals surface area (Å²) in [6, 6.07) is 0. The summed E-state index contributed by atoms with van der Waals surface area (Å²) in [4.78, 5) is 0. The molecule has 0 aliphatic heterocycles. The molecular formula is C16H29F3O2. The number of methoxy groups -OCH3 is 1. The molecule has 2 bridgehead atoms. The van der Waals surface area contributed by atoms with E-state index in [1.54, 1.807) is 7.11 Å². The number of fused-ring (bicyclic) bond motifs is 2. The van der Waals surface area contributed by atoms with Crippen LogP contribution in [-0.4, -0.2) is 32.6 Å². The van der Waals surface area contributed by atoms with E-state index in [0.29, 0.717) is 31.7 Å². The number of halogens is 3. The first kappa shape index (κ1) is 18.8. The predicted molar refractivity (Wildman–Crippen MR) is 77.2 cm³/mol. The summed E-state index contributed by atoms with van der Waals surface area (Å²) < 4.78 is 47.9. The Balaban J connectivity index is 0.000000222. The average Bonchev–Trinajstić information content (AvgIpc) is 2.99. The first-order valence-electron chi connectivity index (χ1n) is 7.91. The van der Waals surface area contributed by atoms with Gasteiger partial charge in [-0.25, -0.2) is 0 Å². The first-order chi connectivity index (χ1) is 9.74. The van der Waals surface area contributed by atoms with Crippen LogP contribution in [0.1, 0.15) is 52.9 Å². The Morgan fingerprint density at radius 2 is 1.90 bits per heavy atom. The monoisotopic (exact) mass is 310 g/mol. The zero-order chi connectivity index (χ0) is 16.1. The SMILES string of the molecule is CC1(C(F)(F)F)CC2CCC1C2.CCC(C)OCCOC. The first-order valence-corrected chi connectivity index (χ1v) is 7.91. The molecule has 0 aromatic rings. The zero-order valence-electron chi connectivity index (χ0n) is 13.6. The minimum atomic E-state index is -3.98. The molecule has 4 unspecified atom stereocenters. The van der Waals surface area contributed by atoms with Crippen LogP contribution in [-0.2, 0) is 9.47 Å². The highest BCUT2D eigenvalue weighted by Crippen LogP contribution is 2.62. The van der Waals surface area contributed by atoms with Crippen LogP contribution in [0, 0.1) is 17.3 Å². The minimum absolute atomic E-state index is 0.0810. The van der Waals surface area contributed by atoms with E-state index in [1.165, 1.54) is 6.92 Å². The molecule has 0 heterocycles. The van der Waals surface area contributed by atoms with Crippen molar-refractivity contribution in [1.29, 1.82) is 0 Å². The van der Waals surface area contributed by atoms with Crippen molar-refractivity contribution >= 4 is 0 Å². The predicted octanol–water partition coefficient (Wildman–Crippen LogP) is 4.82. The van der Waals surface area contributed by atoms with Crippen molar-refractivity contribution in [3.05, 3.63) is 0 Å². The highest BCUT2D eigenvalue weighted by Gasteiger charge is 2.61. The molecule has 0 saturated heterocycles. The Kier molecular flexibility index (Phi) is 6.98. The smallest absolute Gasteiger partial charge is 0.382 e. The van der Waals surface area contributed by atoms with Crippen LogP contribution in [0.2, 0.25) is 0 Å². The van der Waals surface area contributed by atoms with Gasteiger partial charge in [-0.3, -0.25) is 0 Å². The van der Waals surface area contributed by atoms with Gasteiger partial charge in [-0.15, -0.1) is 0 Å². The van der Waals surface area contributed by atoms with E-state index in [2.05, 4.69) is 13.8 Å². The van der Waals surface area contributed by atoms with Crippen LogP contribution >= 0.6 is 0 Å². The van der Waals surface area contributed by atoms with Crippen LogP contribution < -0.4 is 0 Å². The number of ether oxygens (including phenoxy) is 2. The number of rotatable bonds is 5. The van der Waals surface area contributed by atoms with Gasteiger partial charge in [0.2, 0.25) is 0 Å². The van der Waals surface area contributed by atoms with Crippen LogP contribution in [0.3, 0.4) is 0 Å². The van der Waals surface area contributed by atoms with Gasteiger partial charge in [-0.2, -0.15) is 13.2 Å². The molecule has 0 N–H and O–H groups in total. The maximum absolute atomic E-state index is 12.6. The summed E-state index contributed by atoms with van der Waals surface area (Å²) in [6.45, 7) is 6.99. The van der Waals surface area contributed by atoms with Crippen molar-refractivity contribution < 1.29 is 22.6 Å². The van der Waals surface area contributed by atoms with Crippen LogP contribution in [0.4, 0.5) is 13.2 Å². The summed E-state index contributed by atoms with van der Waals surface area (Å²) in [7, 11) is 1.68. The van der Waals surface area contributed by atoms with Crippen LogP contribution in [0.25, 0.3) is 0 Å². The van der Waals surface area contributed by atoms with E-state index in [1.807, 2.05) is 0 Å². The molecule has 2 nitrogen and oxygen atoms in total. The van der Waals surface area contributed by atoms with Crippen LogP contribution in [0.15, 0.2) is 0 Å². The number of hydrogen-bond donors (Lipinski definition) is 0. The fourth-order valence-corrected chi connectivity index (χ4v) is 3.40. The molecule has 2 fully saturated rings. The third-order valence-corrected chi connectivity index (χ3v) is 5.07. The maximum Gasteiger partial charge on any atom is 0.394 e. The van der Waals surface area contributed by atoms with Gasteiger partial charge in [-0.1, -0.05) is 20.3 Å². The van der Waals surface area contributed by atoms with E-state index in [9.17, 15) is 13.2 Å². The van der Waals surface area contributed by atoms with Gasteiger partial charge in [0, 0.05) is 7.11 Å². The molecule has 21 heavy (non-hydrogen) atoms. The lowest BCUT2D eigenvalue weighted by atomic mass is 9.74. The lowest BCUT2D eigenvalue weighted by Gasteiger charge is -2.35. The van der Waals surface area contributed by atoms with Crippen molar-refractivity contribution in [2.45, 2.75) is 65.2 Å². The molecule has 2 aliphatic carbocycles. The quantitative estimate of drug-likeness (QED) is 0.678. The summed E-state index contributed by atoms with van der Waals surface area (Å²) in [5, 5.41) is 0. The molecule has 5 heteroatoms. The van der Waals surface area contributed by atoms with Crippen LogP contribution in [0.5, 0.6) is 0 Å². The fourth-order valence-electron chi connectivity index (χ4n) is 3.40.